The van der Waals surface area contributed by atoms with Crippen LogP contribution in [0.5, 0.6) is 0 Å². The normalized spacial score (nSPS) is 12.6. The molecule has 1 aromatic heterocycles. The molecule has 0 saturated carbocycles. The number of aliphatic hydroxyl groups excluding tert-OH is 1. The molecule has 0 amide bonds. The van der Waals surface area contributed by atoms with Crippen molar-refractivity contribution in [3.8, 4) is 0 Å². The maximum absolute atomic E-state index is 10.5. The largest absolute Gasteiger partial charge is 0.481 e. The van der Waals surface area contributed by atoms with E-state index in [1.807, 2.05) is 6.07 Å². The van der Waals surface area contributed by atoms with E-state index in [4.69, 9.17) is 16.7 Å². The minimum atomic E-state index is -0.930. The van der Waals surface area contributed by atoms with Gasteiger partial charge in [-0.2, -0.15) is 0 Å². The first kappa shape index (κ1) is 12.8. The third-order valence-electron chi connectivity index (χ3n) is 2.74. The van der Waals surface area contributed by atoms with Gasteiger partial charge in [-0.05, 0) is 24.6 Å². The highest BCUT2D eigenvalue weighted by Gasteiger charge is 2.14. The van der Waals surface area contributed by atoms with Gasteiger partial charge in [-0.3, -0.25) is 9.78 Å². The number of hydrogen-bond acceptors (Lipinski definition) is 3. The third kappa shape index (κ3) is 2.60. The molecule has 0 fully saturated rings. The van der Waals surface area contributed by atoms with Gasteiger partial charge < -0.3 is 10.2 Å². The lowest BCUT2D eigenvalue weighted by atomic mass is 10.0. The number of carboxylic acid groups (broad SMARTS) is 1. The van der Waals surface area contributed by atoms with E-state index in [1.54, 1.807) is 24.4 Å². The number of aliphatic hydroxyl groups is 1. The van der Waals surface area contributed by atoms with Crippen molar-refractivity contribution in [2.24, 2.45) is 0 Å². The molecule has 0 aliphatic carbocycles. The summed E-state index contributed by atoms with van der Waals surface area (Å²) in [6, 6.07) is 6.95. The van der Waals surface area contributed by atoms with Crippen molar-refractivity contribution in [2.45, 2.75) is 18.9 Å². The summed E-state index contributed by atoms with van der Waals surface area (Å²) < 4.78 is 0. The second kappa shape index (κ2) is 5.33. The summed E-state index contributed by atoms with van der Waals surface area (Å²) in [6.45, 7) is 0. The Morgan fingerprint density at radius 3 is 2.89 bits per heavy atom. The molecule has 0 radical (unpaired) electrons. The molecule has 1 heterocycles. The van der Waals surface area contributed by atoms with Gasteiger partial charge in [0.2, 0.25) is 0 Å². The molecule has 1 atom stereocenters. The average molecular weight is 266 g/mol. The zero-order valence-corrected chi connectivity index (χ0v) is 10.3. The Kier molecular flexibility index (Phi) is 3.79. The van der Waals surface area contributed by atoms with Crippen LogP contribution in [0, 0.1) is 0 Å². The predicted octanol–water partition coefficient (Wildman–Crippen LogP) is 2.79. The number of aromatic nitrogens is 1. The van der Waals surface area contributed by atoms with Gasteiger partial charge in [0.1, 0.15) is 0 Å². The van der Waals surface area contributed by atoms with Crippen LogP contribution in [0.3, 0.4) is 0 Å². The molecular formula is C13H12ClNO3. The number of pyridine rings is 1. The maximum Gasteiger partial charge on any atom is 0.303 e. The number of carbonyl (C=O) groups is 1. The Morgan fingerprint density at radius 1 is 1.39 bits per heavy atom. The standard InChI is InChI=1S/C13H12ClNO3/c14-10-4-3-9(11(16)5-6-12(17)18)13-8(10)2-1-7-15-13/h1-4,7,11,16H,5-6H2,(H,17,18). The van der Waals surface area contributed by atoms with Gasteiger partial charge in [0.05, 0.1) is 11.6 Å². The summed E-state index contributed by atoms with van der Waals surface area (Å²) in [5, 5.41) is 19.9. The van der Waals surface area contributed by atoms with Gasteiger partial charge in [0, 0.05) is 28.6 Å². The summed E-state index contributed by atoms with van der Waals surface area (Å²) in [5.74, 6) is -0.930. The molecule has 2 N–H and O–H groups in total. The monoisotopic (exact) mass is 265 g/mol. The van der Waals surface area contributed by atoms with E-state index in [0.29, 0.717) is 16.1 Å². The minimum absolute atomic E-state index is 0.0852. The number of benzene rings is 1. The Morgan fingerprint density at radius 2 is 2.17 bits per heavy atom. The molecule has 1 aromatic carbocycles. The van der Waals surface area contributed by atoms with Gasteiger partial charge >= 0.3 is 5.97 Å². The van der Waals surface area contributed by atoms with E-state index in [1.165, 1.54) is 0 Å². The number of fused-ring (bicyclic) bond motifs is 1. The van der Waals surface area contributed by atoms with Gasteiger partial charge in [-0.15, -0.1) is 0 Å². The first-order chi connectivity index (χ1) is 8.59. The second-order valence-corrected chi connectivity index (χ2v) is 4.39. The molecular weight excluding hydrogens is 254 g/mol. The van der Waals surface area contributed by atoms with Crippen LogP contribution in [0.1, 0.15) is 24.5 Å². The van der Waals surface area contributed by atoms with Crippen LogP contribution in [0.4, 0.5) is 0 Å². The molecule has 1 unspecified atom stereocenters. The molecule has 2 rings (SSSR count). The Labute approximate surface area is 109 Å². The van der Waals surface area contributed by atoms with Crippen LogP contribution in [-0.4, -0.2) is 21.2 Å². The summed E-state index contributed by atoms with van der Waals surface area (Å²) in [7, 11) is 0. The van der Waals surface area contributed by atoms with Crippen LogP contribution in [0.25, 0.3) is 10.9 Å². The number of hydrogen-bond donors (Lipinski definition) is 2. The molecule has 0 aliphatic rings. The number of carboxylic acids is 1. The number of halogens is 1. The fraction of sp³-hybridized carbons (Fsp3) is 0.231. The molecule has 2 aromatic rings. The van der Waals surface area contributed by atoms with Gasteiger partial charge in [0.15, 0.2) is 0 Å². The molecule has 94 valence electrons. The molecule has 0 saturated heterocycles. The van der Waals surface area contributed by atoms with E-state index in [0.717, 1.165) is 5.39 Å². The van der Waals surface area contributed by atoms with Crippen molar-refractivity contribution < 1.29 is 15.0 Å². The number of aliphatic carboxylic acids is 1. The van der Waals surface area contributed by atoms with Gasteiger partial charge in [0.25, 0.3) is 0 Å². The third-order valence-corrected chi connectivity index (χ3v) is 3.07. The van der Waals surface area contributed by atoms with E-state index in [9.17, 15) is 9.90 Å². The van der Waals surface area contributed by atoms with Crippen molar-refractivity contribution in [1.29, 1.82) is 0 Å². The van der Waals surface area contributed by atoms with Crippen LogP contribution in [0.15, 0.2) is 30.5 Å². The smallest absolute Gasteiger partial charge is 0.303 e. The average Bonchev–Trinajstić information content (AvgIpc) is 2.37. The van der Waals surface area contributed by atoms with Crippen molar-refractivity contribution >= 4 is 28.5 Å². The summed E-state index contributed by atoms with van der Waals surface area (Å²) >= 11 is 6.05. The van der Waals surface area contributed by atoms with Crippen LogP contribution < -0.4 is 0 Å². The summed E-state index contributed by atoms with van der Waals surface area (Å²) in [5.41, 5.74) is 1.22. The zero-order valence-electron chi connectivity index (χ0n) is 9.51. The van der Waals surface area contributed by atoms with E-state index in [2.05, 4.69) is 4.98 Å². The molecule has 0 spiro atoms. The topological polar surface area (TPSA) is 70.4 Å². The van der Waals surface area contributed by atoms with Gasteiger partial charge in [-0.25, -0.2) is 0 Å². The first-order valence-electron chi connectivity index (χ1n) is 5.52. The predicted molar refractivity (Wildman–Crippen MR) is 68.6 cm³/mol. The number of rotatable bonds is 4. The van der Waals surface area contributed by atoms with Crippen LogP contribution in [-0.2, 0) is 4.79 Å². The Hall–Kier alpha value is -1.65. The molecule has 0 aliphatic heterocycles. The molecule has 5 heteroatoms. The Bertz CT molecular complexity index is 585. The highest BCUT2D eigenvalue weighted by Crippen LogP contribution is 2.30. The SMILES string of the molecule is O=C(O)CCC(O)c1ccc(Cl)c2cccnc12. The number of nitrogens with zero attached hydrogens (tertiary/aromatic N) is 1. The van der Waals surface area contributed by atoms with E-state index in [-0.39, 0.29) is 12.8 Å². The lowest BCUT2D eigenvalue weighted by Gasteiger charge is -2.12. The maximum atomic E-state index is 10.5. The second-order valence-electron chi connectivity index (χ2n) is 3.98. The first-order valence-corrected chi connectivity index (χ1v) is 5.90. The molecule has 18 heavy (non-hydrogen) atoms. The van der Waals surface area contributed by atoms with Gasteiger partial charge in [-0.1, -0.05) is 17.7 Å². The quantitative estimate of drug-likeness (QED) is 0.892. The van der Waals surface area contributed by atoms with Crippen molar-refractivity contribution in [2.75, 3.05) is 0 Å². The van der Waals surface area contributed by atoms with Crippen molar-refractivity contribution in [1.82, 2.24) is 4.98 Å². The summed E-state index contributed by atoms with van der Waals surface area (Å²) in [4.78, 5) is 14.7. The van der Waals surface area contributed by atoms with Crippen molar-refractivity contribution in [3.05, 3.63) is 41.0 Å². The lowest BCUT2D eigenvalue weighted by Crippen LogP contribution is -2.03. The fourth-order valence-electron chi connectivity index (χ4n) is 1.84. The van der Waals surface area contributed by atoms with E-state index >= 15 is 0 Å². The molecule has 4 nitrogen and oxygen atoms in total. The zero-order chi connectivity index (χ0) is 13.1. The fourth-order valence-corrected chi connectivity index (χ4v) is 2.06. The Balaban J connectivity index is 2.39. The van der Waals surface area contributed by atoms with E-state index < -0.39 is 12.1 Å². The van der Waals surface area contributed by atoms with Crippen molar-refractivity contribution in [3.63, 3.8) is 0 Å². The van der Waals surface area contributed by atoms with Crippen LogP contribution >= 0.6 is 11.6 Å². The highest BCUT2D eigenvalue weighted by molar-refractivity contribution is 6.35. The minimum Gasteiger partial charge on any atom is -0.481 e. The summed E-state index contributed by atoms with van der Waals surface area (Å²) in [6.07, 6.45) is 0.836. The lowest BCUT2D eigenvalue weighted by molar-refractivity contribution is -0.137. The molecule has 0 bridgehead atoms. The van der Waals surface area contributed by atoms with Crippen LogP contribution in [0.2, 0.25) is 5.02 Å². The highest BCUT2D eigenvalue weighted by atomic mass is 35.5.